The van der Waals surface area contributed by atoms with E-state index in [0.29, 0.717) is 11.6 Å². The molecule has 0 saturated heterocycles. The van der Waals surface area contributed by atoms with Crippen LogP contribution in [-0.4, -0.2) is 14.4 Å². The maximum atomic E-state index is 12.0. The van der Waals surface area contributed by atoms with E-state index < -0.39 is 0 Å². The van der Waals surface area contributed by atoms with Crippen LogP contribution in [0.1, 0.15) is 11.4 Å². The molecule has 3 aromatic heterocycles. The highest BCUT2D eigenvalue weighted by molar-refractivity contribution is 7.98. The first-order valence-corrected chi connectivity index (χ1v) is 7.81. The minimum Gasteiger partial charge on any atom is -0.384 e. The number of fused-ring (bicyclic) bond motifs is 1. The van der Waals surface area contributed by atoms with Crippen molar-refractivity contribution in [2.24, 2.45) is 0 Å². The molecule has 20 heavy (non-hydrogen) atoms. The van der Waals surface area contributed by atoms with Gasteiger partial charge in [-0.2, -0.15) is 0 Å². The van der Waals surface area contributed by atoms with Gasteiger partial charge in [0, 0.05) is 34.0 Å². The molecule has 3 aromatic rings. The van der Waals surface area contributed by atoms with E-state index in [4.69, 9.17) is 5.73 Å². The second-order valence-corrected chi connectivity index (χ2v) is 6.17. The van der Waals surface area contributed by atoms with Gasteiger partial charge in [0.15, 0.2) is 4.96 Å². The molecule has 0 amide bonds. The number of nitrogens with zero attached hydrogens (tertiary/aromatic N) is 3. The van der Waals surface area contributed by atoms with Crippen LogP contribution in [0.4, 0.5) is 5.82 Å². The molecule has 0 unspecified atom stereocenters. The molecule has 0 saturated carbocycles. The number of pyridine rings is 1. The van der Waals surface area contributed by atoms with Gasteiger partial charge in [-0.3, -0.25) is 9.20 Å². The van der Waals surface area contributed by atoms with Gasteiger partial charge in [0.05, 0.1) is 5.69 Å². The van der Waals surface area contributed by atoms with Crippen molar-refractivity contribution in [2.45, 2.75) is 17.6 Å². The fourth-order valence-corrected chi connectivity index (χ4v) is 3.45. The van der Waals surface area contributed by atoms with Gasteiger partial charge < -0.3 is 5.73 Å². The van der Waals surface area contributed by atoms with Crippen molar-refractivity contribution < 1.29 is 0 Å². The minimum atomic E-state index is -0.0280. The number of hydrogen-bond acceptors (Lipinski definition) is 6. The predicted octanol–water partition coefficient (Wildman–Crippen LogP) is 2.33. The number of aryl methyl sites for hydroxylation is 1. The van der Waals surface area contributed by atoms with Crippen LogP contribution in [0.5, 0.6) is 0 Å². The number of hydrogen-bond donors (Lipinski definition) is 1. The Morgan fingerprint density at radius 3 is 3.05 bits per heavy atom. The highest BCUT2D eigenvalue weighted by Crippen LogP contribution is 2.22. The van der Waals surface area contributed by atoms with Crippen LogP contribution >= 0.6 is 23.1 Å². The molecule has 0 aliphatic rings. The van der Waals surface area contributed by atoms with Crippen molar-refractivity contribution in [1.29, 1.82) is 0 Å². The Hall–Kier alpha value is -1.86. The topological polar surface area (TPSA) is 73.3 Å². The molecule has 2 N–H and O–H groups in total. The molecule has 3 rings (SSSR count). The van der Waals surface area contributed by atoms with Crippen molar-refractivity contribution in [3.05, 3.63) is 51.5 Å². The van der Waals surface area contributed by atoms with Crippen molar-refractivity contribution in [3.63, 3.8) is 0 Å². The fraction of sp³-hybridized carbons (Fsp3) is 0.154. The monoisotopic (exact) mass is 304 g/mol. The normalized spacial score (nSPS) is 11.1. The quantitative estimate of drug-likeness (QED) is 0.752. The molecular weight excluding hydrogens is 292 g/mol. The number of thiazole rings is 1. The van der Waals surface area contributed by atoms with Crippen molar-refractivity contribution in [3.8, 4) is 0 Å². The Morgan fingerprint density at radius 2 is 2.30 bits per heavy atom. The van der Waals surface area contributed by atoms with E-state index in [1.54, 1.807) is 34.5 Å². The molecule has 3 heterocycles. The molecular formula is C13H12N4OS2. The number of anilines is 1. The number of nitrogen functional groups attached to an aromatic ring is 1. The van der Waals surface area contributed by atoms with Crippen LogP contribution in [0.2, 0.25) is 0 Å². The summed E-state index contributed by atoms with van der Waals surface area (Å²) in [6, 6.07) is 5.26. The second-order valence-electron chi connectivity index (χ2n) is 4.29. The summed E-state index contributed by atoms with van der Waals surface area (Å²) in [5.41, 5.74) is 7.21. The van der Waals surface area contributed by atoms with E-state index in [0.717, 1.165) is 21.2 Å². The van der Waals surface area contributed by atoms with Gasteiger partial charge in [-0.15, -0.1) is 23.1 Å². The third-order valence-electron chi connectivity index (χ3n) is 2.77. The summed E-state index contributed by atoms with van der Waals surface area (Å²) in [5, 5.41) is 1.94. The molecule has 0 atom stereocenters. The van der Waals surface area contributed by atoms with E-state index in [9.17, 15) is 4.79 Å². The lowest BCUT2D eigenvalue weighted by molar-refractivity contribution is 0.997. The van der Waals surface area contributed by atoms with Crippen LogP contribution in [0.25, 0.3) is 4.96 Å². The average Bonchev–Trinajstić information content (AvgIpc) is 2.80. The molecule has 0 radical (unpaired) electrons. The summed E-state index contributed by atoms with van der Waals surface area (Å²) in [5.74, 6) is 1.13. The lowest BCUT2D eigenvalue weighted by Crippen LogP contribution is -2.14. The van der Waals surface area contributed by atoms with Crippen LogP contribution in [-0.2, 0) is 5.75 Å². The Morgan fingerprint density at radius 1 is 1.45 bits per heavy atom. The van der Waals surface area contributed by atoms with Crippen LogP contribution in [0.3, 0.4) is 0 Å². The summed E-state index contributed by atoms with van der Waals surface area (Å²) >= 11 is 3.06. The van der Waals surface area contributed by atoms with E-state index in [-0.39, 0.29) is 5.56 Å². The van der Waals surface area contributed by atoms with E-state index in [1.807, 2.05) is 18.4 Å². The molecule has 0 bridgehead atoms. The molecule has 0 spiro atoms. The van der Waals surface area contributed by atoms with Gasteiger partial charge in [0.1, 0.15) is 5.82 Å². The van der Waals surface area contributed by atoms with Crippen LogP contribution in [0, 0.1) is 6.92 Å². The molecule has 0 fully saturated rings. The second kappa shape index (κ2) is 5.26. The van der Waals surface area contributed by atoms with Gasteiger partial charge in [0.2, 0.25) is 0 Å². The number of aromatic nitrogens is 3. The molecule has 0 aromatic carbocycles. The van der Waals surface area contributed by atoms with Crippen LogP contribution in [0.15, 0.2) is 39.5 Å². The molecule has 102 valence electrons. The summed E-state index contributed by atoms with van der Waals surface area (Å²) < 4.78 is 1.63. The van der Waals surface area contributed by atoms with Gasteiger partial charge >= 0.3 is 0 Å². The Bertz CT molecular complexity index is 807. The average molecular weight is 304 g/mol. The van der Waals surface area contributed by atoms with Gasteiger partial charge in [-0.1, -0.05) is 0 Å². The highest BCUT2D eigenvalue weighted by Gasteiger charge is 2.06. The highest BCUT2D eigenvalue weighted by atomic mass is 32.2. The maximum absolute atomic E-state index is 12.0. The van der Waals surface area contributed by atoms with Crippen molar-refractivity contribution in [1.82, 2.24) is 14.4 Å². The zero-order valence-corrected chi connectivity index (χ0v) is 12.4. The van der Waals surface area contributed by atoms with E-state index in [2.05, 4.69) is 9.97 Å². The molecule has 0 aliphatic heterocycles. The number of rotatable bonds is 3. The largest absolute Gasteiger partial charge is 0.384 e. The lowest BCUT2D eigenvalue weighted by atomic mass is 10.4. The molecule has 7 heteroatoms. The lowest BCUT2D eigenvalue weighted by Gasteiger charge is -2.02. The predicted molar refractivity (Wildman–Crippen MR) is 82.3 cm³/mol. The van der Waals surface area contributed by atoms with Crippen molar-refractivity contribution in [2.75, 3.05) is 5.73 Å². The first-order valence-electron chi connectivity index (χ1n) is 5.94. The third kappa shape index (κ3) is 2.54. The SMILES string of the molecule is Cc1csc2nc(CSc3ccc(N)nc3)cc(=O)n12. The smallest absolute Gasteiger partial charge is 0.258 e. The van der Waals surface area contributed by atoms with Crippen molar-refractivity contribution >= 4 is 33.9 Å². The van der Waals surface area contributed by atoms with E-state index in [1.165, 1.54) is 11.3 Å². The summed E-state index contributed by atoms with van der Waals surface area (Å²) in [6.45, 7) is 1.90. The standard InChI is InChI=1S/C13H12N4OS2/c1-8-6-20-13-16-9(4-12(18)17(8)13)7-19-10-2-3-11(14)15-5-10/h2-6H,7H2,1H3,(H2,14,15). The third-order valence-corrected chi connectivity index (χ3v) is 4.73. The van der Waals surface area contributed by atoms with Gasteiger partial charge in [0.25, 0.3) is 5.56 Å². The molecule has 5 nitrogen and oxygen atoms in total. The Balaban J connectivity index is 1.84. The molecule has 0 aliphatic carbocycles. The van der Waals surface area contributed by atoms with Gasteiger partial charge in [-0.05, 0) is 19.1 Å². The Labute approximate surface area is 123 Å². The number of nitrogens with two attached hydrogens (primary N) is 1. The summed E-state index contributed by atoms with van der Waals surface area (Å²) in [6.07, 6.45) is 1.72. The number of thioether (sulfide) groups is 1. The van der Waals surface area contributed by atoms with Gasteiger partial charge in [-0.25, -0.2) is 9.97 Å². The fourth-order valence-electron chi connectivity index (χ4n) is 1.81. The zero-order valence-electron chi connectivity index (χ0n) is 10.7. The first-order chi connectivity index (χ1) is 9.63. The van der Waals surface area contributed by atoms with Crippen LogP contribution < -0.4 is 11.3 Å². The van der Waals surface area contributed by atoms with E-state index >= 15 is 0 Å². The zero-order chi connectivity index (χ0) is 14.1. The Kier molecular flexibility index (Phi) is 3.45. The first kappa shape index (κ1) is 13.1. The summed E-state index contributed by atoms with van der Waals surface area (Å²) in [7, 11) is 0. The minimum absolute atomic E-state index is 0.0280. The maximum Gasteiger partial charge on any atom is 0.258 e. The summed E-state index contributed by atoms with van der Waals surface area (Å²) in [4.78, 5) is 22.3.